The number of quaternary nitrogens is 1. The van der Waals surface area contributed by atoms with E-state index in [1.165, 1.54) is 244 Å². The summed E-state index contributed by atoms with van der Waals surface area (Å²) in [5.41, 5.74) is 0. The van der Waals surface area contributed by atoms with Gasteiger partial charge < -0.3 is 28.5 Å². The maximum Gasteiger partial charge on any atom is 0.306 e. The number of carbonyl (C=O) groups is 2. The van der Waals surface area contributed by atoms with Crippen LogP contribution < -0.4 is 10.2 Å². The third kappa shape index (κ3) is 64.3. The van der Waals surface area contributed by atoms with Gasteiger partial charge in [0, 0.05) is 12.8 Å². The lowest BCUT2D eigenvalue weighted by molar-refractivity contribution is -0.870. The standard InChI is InChI=1S/C73H139N2O7P/c1-7-10-13-16-19-22-25-27-29-31-33-35-37-39-41-43-45-47-50-53-56-59-62-65-72(76)74-70(69-81-83(78,79)80-68-67-75(4,5)6)71(64-61-58-55-52-49-24-21-18-15-12-9-3)82-73(77)66-63-60-57-54-51-48-46-44-42-40-38-36-34-32-30-28-26-23-20-17-14-11-8-2/h19,22,27,29,33,35,61,64,70-71H,7-18,20-21,23-26,28,30-32,34,36-60,62-63,65-69H2,1-6H3,(H-,74,76,78,79)/b22-19-,29-27-,35-33-,64-61+. The fourth-order valence-electron chi connectivity index (χ4n) is 10.7. The number of unbranched alkanes of at least 4 members (excludes halogenated alkanes) is 44. The van der Waals surface area contributed by atoms with E-state index in [-0.39, 0.29) is 31.5 Å². The van der Waals surface area contributed by atoms with Crippen molar-refractivity contribution in [3.63, 3.8) is 0 Å². The smallest absolute Gasteiger partial charge is 0.306 e. The van der Waals surface area contributed by atoms with Crippen LogP contribution in [0.2, 0.25) is 0 Å². The minimum Gasteiger partial charge on any atom is -0.756 e. The lowest BCUT2D eigenvalue weighted by atomic mass is 10.0. The van der Waals surface area contributed by atoms with Crippen LogP contribution in [0.3, 0.4) is 0 Å². The summed E-state index contributed by atoms with van der Waals surface area (Å²) in [5, 5.41) is 3.04. The van der Waals surface area contributed by atoms with Gasteiger partial charge in [0.25, 0.3) is 7.82 Å². The van der Waals surface area contributed by atoms with Crippen LogP contribution >= 0.6 is 7.82 Å². The van der Waals surface area contributed by atoms with Gasteiger partial charge in [-0.3, -0.25) is 14.2 Å². The Kier molecular flexibility index (Phi) is 61.5. The first-order chi connectivity index (χ1) is 40.4. The van der Waals surface area contributed by atoms with Crippen LogP contribution in [0.4, 0.5) is 0 Å². The number of phosphoric acid groups is 1. The van der Waals surface area contributed by atoms with Crippen molar-refractivity contribution in [2.24, 2.45) is 0 Å². The molecule has 0 fully saturated rings. The van der Waals surface area contributed by atoms with Crippen molar-refractivity contribution in [2.75, 3.05) is 40.9 Å². The van der Waals surface area contributed by atoms with Crippen molar-refractivity contribution in [3.05, 3.63) is 48.6 Å². The second-order valence-corrected chi connectivity index (χ2v) is 27.2. The molecule has 3 unspecified atom stereocenters. The van der Waals surface area contributed by atoms with Crippen LogP contribution in [-0.4, -0.2) is 69.4 Å². The molecule has 0 saturated carbocycles. The minimum absolute atomic E-state index is 0.0216. The quantitative estimate of drug-likeness (QED) is 0.0212. The molecular formula is C73H139N2O7P. The number of phosphoric ester groups is 1. The third-order valence-corrected chi connectivity index (χ3v) is 17.2. The average Bonchev–Trinajstić information content (AvgIpc) is 3.51. The summed E-state index contributed by atoms with van der Waals surface area (Å²) in [7, 11) is 1.19. The van der Waals surface area contributed by atoms with Crippen LogP contribution in [0, 0.1) is 0 Å². The first-order valence-corrected chi connectivity index (χ1v) is 37.4. The second-order valence-electron chi connectivity index (χ2n) is 25.7. The van der Waals surface area contributed by atoms with Gasteiger partial charge in [0.1, 0.15) is 19.3 Å². The van der Waals surface area contributed by atoms with E-state index in [9.17, 15) is 19.0 Å². The Morgan fingerprint density at radius 1 is 0.422 bits per heavy atom. The van der Waals surface area contributed by atoms with E-state index in [0.717, 1.165) is 77.0 Å². The number of rotatable bonds is 66. The van der Waals surface area contributed by atoms with Gasteiger partial charge in [-0.25, -0.2) is 0 Å². The number of amides is 1. The Hall–Kier alpha value is -2.03. The van der Waals surface area contributed by atoms with E-state index in [0.29, 0.717) is 17.4 Å². The average molecular weight is 1190 g/mol. The Morgan fingerprint density at radius 2 is 0.735 bits per heavy atom. The topological polar surface area (TPSA) is 114 Å². The molecule has 1 N–H and O–H groups in total. The second kappa shape index (κ2) is 63.0. The molecule has 488 valence electrons. The Bertz CT molecular complexity index is 1560. The summed E-state index contributed by atoms with van der Waals surface area (Å²) in [6, 6.07) is -0.889. The first-order valence-electron chi connectivity index (χ1n) is 35.9. The number of nitrogens with zero attached hydrogens (tertiary/aromatic N) is 1. The summed E-state index contributed by atoms with van der Waals surface area (Å²) in [6.45, 7) is 6.86. The summed E-state index contributed by atoms with van der Waals surface area (Å²) in [5.74, 6) is -0.529. The first kappa shape index (κ1) is 81.0. The number of carbonyl (C=O) groups excluding carboxylic acids is 2. The molecule has 0 spiro atoms. The highest BCUT2D eigenvalue weighted by Crippen LogP contribution is 2.38. The zero-order valence-electron chi connectivity index (χ0n) is 55.9. The van der Waals surface area contributed by atoms with Gasteiger partial charge in [0.05, 0.1) is 33.8 Å². The molecule has 0 aromatic heterocycles. The van der Waals surface area contributed by atoms with Gasteiger partial charge in [0.2, 0.25) is 5.91 Å². The van der Waals surface area contributed by atoms with E-state index >= 15 is 0 Å². The van der Waals surface area contributed by atoms with E-state index in [1.54, 1.807) is 0 Å². The highest BCUT2D eigenvalue weighted by atomic mass is 31.2. The Labute approximate surface area is 516 Å². The van der Waals surface area contributed by atoms with Crippen molar-refractivity contribution < 1.29 is 37.3 Å². The summed E-state index contributed by atoms with van der Waals surface area (Å²) in [6.07, 6.45) is 79.5. The van der Waals surface area contributed by atoms with Gasteiger partial charge in [-0.15, -0.1) is 0 Å². The monoisotopic (exact) mass is 1190 g/mol. The highest BCUT2D eigenvalue weighted by molar-refractivity contribution is 7.45. The zero-order chi connectivity index (χ0) is 60.7. The fourth-order valence-corrected chi connectivity index (χ4v) is 11.4. The molecule has 0 radical (unpaired) electrons. The van der Waals surface area contributed by atoms with Gasteiger partial charge in [0.15, 0.2) is 0 Å². The summed E-state index contributed by atoms with van der Waals surface area (Å²) in [4.78, 5) is 40.2. The van der Waals surface area contributed by atoms with Crippen molar-refractivity contribution in [1.82, 2.24) is 5.32 Å². The molecule has 0 aliphatic carbocycles. The SMILES string of the molecule is CCCCC/C=C\C/C=C\C/C=C\CCCCCCCCCCCCC(=O)NC(COP(=O)([O-])OCC[N+](C)(C)C)C(/C=C/CCCCCCCCCCC)OC(=O)CCCCCCCCCCCCCCCCCCCCCCCCC. The molecular weight excluding hydrogens is 1050 g/mol. The summed E-state index contributed by atoms with van der Waals surface area (Å²) >= 11 is 0. The number of ether oxygens (including phenoxy) is 1. The van der Waals surface area contributed by atoms with E-state index in [1.807, 2.05) is 33.3 Å². The molecule has 0 saturated heterocycles. The zero-order valence-corrected chi connectivity index (χ0v) is 56.8. The van der Waals surface area contributed by atoms with Crippen LogP contribution in [-0.2, 0) is 27.9 Å². The molecule has 0 aromatic carbocycles. The number of hydrogen-bond donors (Lipinski definition) is 1. The molecule has 9 nitrogen and oxygen atoms in total. The molecule has 0 bridgehead atoms. The molecule has 1 amide bonds. The highest BCUT2D eigenvalue weighted by Gasteiger charge is 2.27. The van der Waals surface area contributed by atoms with Crippen molar-refractivity contribution >= 4 is 19.7 Å². The Morgan fingerprint density at radius 3 is 1.12 bits per heavy atom. The van der Waals surface area contributed by atoms with Crippen molar-refractivity contribution in [2.45, 2.75) is 367 Å². The molecule has 0 aliphatic rings. The van der Waals surface area contributed by atoms with Crippen molar-refractivity contribution in [3.8, 4) is 0 Å². The number of likely N-dealkylation sites (N-methyl/N-ethyl adjacent to an activating group) is 1. The third-order valence-electron chi connectivity index (χ3n) is 16.3. The molecule has 0 heterocycles. The van der Waals surface area contributed by atoms with Crippen LogP contribution in [0.15, 0.2) is 48.6 Å². The van der Waals surface area contributed by atoms with Crippen molar-refractivity contribution in [1.29, 1.82) is 0 Å². The van der Waals surface area contributed by atoms with E-state index in [2.05, 4.69) is 62.5 Å². The van der Waals surface area contributed by atoms with Gasteiger partial charge in [-0.05, 0) is 70.3 Å². The van der Waals surface area contributed by atoms with Gasteiger partial charge >= 0.3 is 5.97 Å². The van der Waals surface area contributed by atoms with Gasteiger partial charge in [-0.2, -0.15) is 0 Å². The number of nitrogens with one attached hydrogen (secondary N) is 1. The molecule has 0 aliphatic heterocycles. The predicted octanol–water partition coefficient (Wildman–Crippen LogP) is 22.2. The maximum absolute atomic E-state index is 13.6. The minimum atomic E-state index is -4.70. The predicted molar refractivity (Wildman–Crippen MR) is 358 cm³/mol. The lowest BCUT2D eigenvalue weighted by Crippen LogP contribution is -2.47. The van der Waals surface area contributed by atoms with Gasteiger partial charge in [-0.1, -0.05) is 320 Å². The molecule has 3 atom stereocenters. The molecule has 0 rings (SSSR count). The van der Waals surface area contributed by atoms with Crippen LogP contribution in [0.1, 0.15) is 355 Å². The Balaban J connectivity index is 5.00. The molecule has 0 aromatic rings. The normalized spacial score (nSPS) is 13.8. The van der Waals surface area contributed by atoms with E-state index in [4.69, 9.17) is 13.8 Å². The summed E-state index contributed by atoms with van der Waals surface area (Å²) < 4.78 is 30.4. The number of hydrogen-bond acceptors (Lipinski definition) is 7. The largest absolute Gasteiger partial charge is 0.756 e. The lowest BCUT2D eigenvalue weighted by Gasteiger charge is -2.30. The number of allylic oxidation sites excluding steroid dienone is 7. The molecule has 83 heavy (non-hydrogen) atoms. The fraction of sp³-hybridized carbons (Fsp3) is 0.863. The number of esters is 1. The maximum atomic E-state index is 13.6. The van der Waals surface area contributed by atoms with Crippen LogP contribution in [0.25, 0.3) is 0 Å². The van der Waals surface area contributed by atoms with Crippen LogP contribution in [0.5, 0.6) is 0 Å². The molecule has 10 heteroatoms. The van der Waals surface area contributed by atoms with E-state index < -0.39 is 20.0 Å².